The third-order valence-electron chi connectivity index (χ3n) is 3.89. The molecule has 0 unspecified atom stereocenters. The minimum Gasteiger partial charge on any atom is -0.323 e. The fourth-order valence-corrected chi connectivity index (χ4v) is 2.72. The van der Waals surface area contributed by atoms with Gasteiger partial charge in [0, 0.05) is 35.2 Å². The molecule has 0 saturated carbocycles. The number of hydrogen-bond donors (Lipinski definition) is 0. The molecule has 4 aromatic rings. The second-order valence-corrected chi connectivity index (χ2v) is 5.44. The summed E-state index contributed by atoms with van der Waals surface area (Å²) in [7, 11) is 0. The van der Waals surface area contributed by atoms with Crippen molar-refractivity contribution in [3.8, 4) is 5.69 Å². The Kier molecular flexibility index (Phi) is 3.49. The molecule has 2 nitrogen and oxygen atoms in total. The van der Waals surface area contributed by atoms with Crippen LogP contribution in [-0.2, 0) is 0 Å². The number of aliphatic imine (C=N–C) groups is 1. The van der Waals surface area contributed by atoms with Crippen LogP contribution in [-0.4, -0.2) is 10.8 Å². The van der Waals surface area contributed by atoms with Crippen molar-refractivity contribution in [2.45, 2.75) is 0 Å². The molecule has 3 aromatic carbocycles. The zero-order valence-electron chi connectivity index (χ0n) is 12.6. The van der Waals surface area contributed by atoms with Gasteiger partial charge in [0.15, 0.2) is 0 Å². The topological polar surface area (TPSA) is 17.3 Å². The van der Waals surface area contributed by atoms with Gasteiger partial charge in [0.25, 0.3) is 0 Å². The average molecular weight is 296 g/mol. The molecule has 0 radical (unpaired) electrons. The Hall–Kier alpha value is -3.13. The highest BCUT2D eigenvalue weighted by molar-refractivity contribution is 5.95. The molecule has 23 heavy (non-hydrogen) atoms. The van der Waals surface area contributed by atoms with Crippen LogP contribution in [0.1, 0.15) is 5.56 Å². The first-order chi connectivity index (χ1) is 11.4. The van der Waals surface area contributed by atoms with Crippen molar-refractivity contribution in [2.75, 3.05) is 0 Å². The first kappa shape index (κ1) is 13.5. The minimum absolute atomic E-state index is 0.996. The van der Waals surface area contributed by atoms with Crippen LogP contribution in [0, 0.1) is 0 Å². The van der Waals surface area contributed by atoms with Crippen LogP contribution in [0.2, 0.25) is 0 Å². The van der Waals surface area contributed by atoms with E-state index in [4.69, 9.17) is 0 Å². The van der Waals surface area contributed by atoms with E-state index in [0.29, 0.717) is 0 Å². The van der Waals surface area contributed by atoms with Crippen molar-refractivity contribution in [2.24, 2.45) is 4.99 Å². The van der Waals surface area contributed by atoms with Crippen LogP contribution in [0.3, 0.4) is 0 Å². The molecule has 0 fully saturated rings. The largest absolute Gasteiger partial charge is 0.323 e. The van der Waals surface area contributed by atoms with Gasteiger partial charge in [-0.1, -0.05) is 54.6 Å². The van der Waals surface area contributed by atoms with Gasteiger partial charge in [0.1, 0.15) is 0 Å². The Balaban J connectivity index is 1.65. The van der Waals surface area contributed by atoms with Gasteiger partial charge < -0.3 is 4.57 Å². The summed E-state index contributed by atoms with van der Waals surface area (Å²) in [4.78, 5) is 4.67. The Labute approximate surface area is 135 Å². The number of aromatic nitrogens is 1. The van der Waals surface area contributed by atoms with Gasteiger partial charge in [0.2, 0.25) is 0 Å². The monoisotopic (exact) mass is 296 g/mol. The summed E-state index contributed by atoms with van der Waals surface area (Å²) in [6.45, 7) is 0. The van der Waals surface area contributed by atoms with Crippen molar-refractivity contribution in [1.82, 2.24) is 4.57 Å². The molecule has 4 rings (SSSR count). The molecule has 0 aliphatic heterocycles. The molecule has 2 heteroatoms. The Bertz CT molecular complexity index is 960. The van der Waals surface area contributed by atoms with E-state index in [1.54, 1.807) is 0 Å². The number of nitrogens with zero attached hydrogens (tertiary/aromatic N) is 2. The molecule has 0 amide bonds. The summed E-state index contributed by atoms with van der Waals surface area (Å²) in [5, 5.41) is 2.39. The maximum atomic E-state index is 4.67. The predicted octanol–water partition coefficient (Wildman–Crippen LogP) is 5.38. The first-order valence-electron chi connectivity index (χ1n) is 7.65. The lowest BCUT2D eigenvalue weighted by atomic mass is 10.1. The summed E-state index contributed by atoms with van der Waals surface area (Å²) in [6, 6.07) is 26.9. The average Bonchev–Trinajstić information content (AvgIpc) is 3.10. The first-order valence-corrected chi connectivity index (χ1v) is 7.65. The molecular formula is C21H16N2. The van der Waals surface area contributed by atoms with Crippen LogP contribution in [0.4, 0.5) is 5.69 Å². The number of hydrogen-bond acceptors (Lipinski definition) is 1. The third kappa shape index (κ3) is 2.79. The lowest BCUT2D eigenvalue weighted by Crippen LogP contribution is -1.88. The third-order valence-corrected chi connectivity index (χ3v) is 3.89. The van der Waals surface area contributed by atoms with E-state index in [1.807, 2.05) is 42.6 Å². The minimum atomic E-state index is 0.996. The van der Waals surface area contributed by atoms with Gasteiger partial charge in [0.05, 0.1) is 5.69 Å². The lowest BCUT2D eigenvalue weighted by Gasteiger charge is -2.01. The quantitative estimate of drug-likeness (QED) is 0.452. The van der Waals surface area contributed by atoms with Gasteiger partial charge >= 0.3 is 0 Å². The van der Waals surface area contributed by atoms with Crippen molar-refractivity contribution in [3.63, 3.8) is 0 Å². The molecule has 0 aliphatic rings. The second kappa shape index (κ2) is 5.93. The van der Waals surface area contributed by atoms with Crippen LogP contribution < -0.4 is 0 Å². The highest BCUT2D eigenvalue weighted by atomic mass is 14.9. The van der Waals surface area contributed by atoms with Crippen LogP contribution in [0.25, 0.3) is 16.5 Å². The predicted molar refractivity (Wildman–Crippen MR) is 97.0 cm³/mol. The van der Waals surface area contributed by atoms with Crippen molar-refractivity contribution >= 4 is 22.7 Å². The Morgan fingerprint density at radius 1 is 0.739 bits per heavy atom. The van der Waals surface area contributed by atoms with E-state index in [1.165, 1.54) is 10.8 Å². The number of para-hydroxylation sites is 1. The summed E-state index contributed by atoms with van der Waals surface area (Å²) < 4.78 is 2.10. The summed E-state index contributed by atoms with van der Waals surface area (Å²) in [5.41, 5.74) is 3.23. The number of rotatable bonds is 3. The Morgan fingerprint density at radius 3 is 2.43 bits per heavy atom. The van der Waals surface area contributed by atoms with Crippen molar-refractivity contribution in [3.05, 3.63) is 96.8 Å². The van der Waals surface area contributed by atoms with E-state index < -0.39 is 0 Å². The molecule has 0 bridgehead atoms. The zero-order chi connectivity index (χ0) is 15.5. The number of fused-ring (bicyclic) bond motifs is 1. The van der Waals surface area contributed by atoms with Gasteiger partial charge in [-0.2, -0.15) is 0 Å². The van der Waals surface area contributed by atoms with Gasteiger partial charge in [-0.15, -0.1) is 0 Å². The van der Waals surface area contributed by atoms with Crippen molar-refractivity contribution in [1.29, 1.82) is 0 Å². The lowest BCUT2D eigenvalue weighted by molar-refractivity contribution is 1.08. The number of benzene rings is 3. The molecule has 110 valence electrons. The molecular weight excluding hydrogens is 280 g/mol. The highest BCUT2D eigenvalue weighted by Gasteiger charge is 1.99. The molecule has 1 aromatic heterocycles. The maximum absolute atomic E-state index is 4.67. The van der Waals surface area contributed by atoms with Crippen LogP contribution in [0.5, 0.6) is 0 Å². The standard InChI is InChI=1S/C21H16N2/c1-2-9-19(10-3-1)23-14-13-17(16-23)15-22-21-12-6-8-18-7-4-5-11-20(18)21/h1-16H. The van der Waals surface area contributed by atoms with Crippen molar-refractivity contribution < 1.29 is 0 Å². The zero-order valence-corrected chi connectivity index (χ0v) is 12.6. The normalized spacial score (nSPS) is 11.3. The maximum Gasteiger partial charge on any atom is 0.0708 e. The smallest absolute Gasteiger partial charge is 0.0708 e. The Morgan fingerprint density at radius 2 is 1.52 bits per heavy atom. The SMILES string of the molecule is C(=Nc1cccc2ccccc12)c1ccn(-c2ccccc2)c1. The molecule has 0 saturated heterocycles. The van der Waals surface area contributed by atoms with E-state index in [9.17, 15) is 0 Å². The highest BCUT2D eigenvalue weighted by Crippen LogP contribution is 2.25. The molecule has 0 N–H and O–H groups in total. The van der Waals surface area contributed by atoms with Crippen LogP contribution in [0.15, 0.2) is 96.2 Å². The molecule has 1 heterocycles. The summed E-state index contributed by atoms with van der Waals surface area (Å²) >= 11 is 0. The summed E-state index contributed by atoms with van der Waals surface area (Å²) in [5.74, 6) is 0. The molecule has 0 aliphatic carbocycles. The fourth-order valence-electron chi connectivity index (χ4n) is 2.72. The summed E-state index contributed by atoms with van der Waals surface area (Å²) in [6.07, 6.45) is 6.06. The van der Waals surface area contributed by atoms with Gasteiger partial charge in [-0.05, 0) is 29.7 Å². The van der Waals surface area contributed by atoms with E-state index in [-0.39, 0.29) is 0 Å². The van der Waals surface area contributed by atoms with Gasteiger partial charge in [-0.3, -0.25) is 4.99 Å². The van der Waals surface area contributed by atoms with E-state index in [2.05, 4.69) is 64.4 Å². The van der Waals surface area contributed by atoms with E-state index >= 15 is 0 Å². The molecule has 0 spiro atoms. The molecule has 0 atom stereocenters. The fraction of sp³-hybridized carbons (Fsp3) is 0. The second-order valence-electron chi connectivity index (χ2n) is 5.44. The van der Waals surface area contributed by atoms with Crippen LogP contribution >= 0.6 is 0 Å². The van der Waals surface area contributed by atoms with Gasteiger partial charge in [-0.25, -0.2) is 0 Å². The van der Waals surface area contributed by atoms with E-state index in [0.717, 1.165) is 16.9 Å².